The Labute approximate surface area is 169 Å². The molecule has 1 aliphatic carbocycles. The zero-order valence-electron chi connectivity index (χ0n) is 18.3. The lowest BCUT2D eigenvalue weighted by atomic mass is 9.83. The van der Waals surface area contributed by atoms with Crippen LogP contribution in [0.1, 0.15) is 74.6 Å². The standard InChI is InChI=1S/C26H33N2/c1-17-14-21(26(3,4)5)15-23(18(17)2)25-27-24-20(16-28(25)6)12-9-13-22(24)19-10-7-8-11-19/h9,12-16,19H,7-8,10-11H2,1-6H3/q+1. The van der Waals surface area contributed by atoms with Crippen LogP contribution in [0.25, 0.3) is 22.3 Å². The van der Waals surface area contributed by atoms with Crippen LogP contribution in [0.2, 0.25) is 0 Å². The first-order chi connectivity index (χ1) is 13.3. The smallest absolute Gasteiger partial charge is 0.232 e. The van der Waals surface area contributed by atoms with E-state index < -0.39 is 0 Å². The van der Waals surface area contributed by atoms with E-state index in [-0.39, 0.29) is 5.41 Å². The highest BCUT2D eigenvalue weighted by molar-refractivity contribution is 5.82. The van der Waals surface area contributed by atoms with Gasteiger partial charge in [0.05, 0.1) is 18.0 Å². The summed E-state index contributed by atoms with van der Waals surface area (Å²) >= 11 is 0. The first kappa shape index (κ1) is 19.1. The normalized spacial score (nSPS) is 15.5. The van der Waals surface area contributed by atoms with Crippen molar-refractivity contribution >= 4 is 10.9 Å². The number of nitrogens with zero attached hydrogens (tertiary/aromatic N) is 2. The van der Waals surface area contributed by atoms with E-state index in [2.05, 4.69) is 82.8 Å². The molecule has 0 N–H and O–H groups in total. The van der Waals surface area contributed by atoms with Gasteiger partial charge in [0.15, 0.2) is 5.52 Å². The minimum atomic E-state index is 0.123. The van der Waals surface area contributed by atoms with Crippen molar-refractivity contribution in [3.8, 4) is 11.4 Å². The maximum absolute atomic E-state index is 5.28. The van der Waals surface area contributed by atoms with Crippen LogP contribution >= 0.6 is 0 Å². The van der Waals surface area contributed by atoms with Crippen LogP contribution in [-0.2, 0) is 12.5 Å². The van der Waals surface area contributed by atoms with Gasteiger partial charge in [-0.1, -0.05) is 51.8 Å². The highest BCUT2D eigenvalue weighted by atomic mass is 15.0. The summed E-state index contributed by atoms with van der Waals surface area (Å²) in [6, 6.07) is 11.4. The molecule has 2 nitrogen and oxygen atoms in total. The molecule has 0 atom stereocenters. The van der Waals surface area contributed by atoms with Crippen LogP contribution in [-0.4, -0.2) is 4.98 Å². The van der Waals surface area contributed by atoms with Crippen molar-refractivity contribution in [3.63, 3.8) is 0 Å². The summed E-state index contributed by atoms with van der Waals surface area (Å²) in [5.74, 6) is 1.74. The molecular weight excluding hydrogens is 340 g/mol. The zero-order chi connectivity index (χ0) is 20.1. The van der Waals surface area contributed by atoms with E-state index in [4.69, 9.17) is 4.98 Å². The second-order valence-corrected chi connectivity index (χ2v) is 9.66. The molecule has 0 spiro atoms. The fourth-order valence-electron chi connectivity index (χ4n) is 4.61. The summed E-state index contributed by atoms with van der Waals surface area (Å²) in [6.07, 6.45) is 7.55. The predicted molar refractivity (Wildman–Crippen MR) is 118 cm³/mol. The van der Waals surface area contributed by atoms with Gasteiger partial charge in [-0.05, 0) is 71.8 Å². The first-order valence-corrected chi connectivity index (χ1v) is 10.7. The van der Waals surface area contributed by atoms with Crippen molar-refractivity contribution in [3.05, 3.63) is 58.8 Å². The van der Waals surface area contributed by atoms with E-state index in [0.717, 1.165) is 5.82 Å². The summed E-state index contributed by atoms with van der Waals surface area (Å²) in [5.41, 5.74) is 8.06. The van der Waals surface area contributed by atoms with Crippen molar-refractivity contribution < 1.29 is 4.57 Å². The van der Waals surface area contributed by atoms with Crippen molar-refractivity contribution in [2.75, 3.05) is 0 Å². The molecule has 0 bridgehead atoms. The zero-order valence-corrected chi connectivity index (χ0v) is 18.3. The lowest BCUT2D eigenvalue weighted by molar-refractivity contribution is -0.661. The van der Waals surface area contributed by atoms with Crippen LogP contribution < -0.4 is 4.57 Å². The molecule has 0 aliphatic heterocycles. The van der Waals surface area contributed by atoms with Gasteiger partial charge in [-0.2, -0.15) is 0 Å². The number of hydrogen-bond donors (Lipinski definition) is 0. The predicted octanol–water partition coefficient (Wildman–Crippen LogP) is 6.30. The van der Waals surface area contributed by atoms with E-state index in [1.54, 1.807) is 0 Å². The number of hydrogen-bond acceptors (Lipinski definition) is 1. The van der Waals surface area contributed by atoms with E-state index in [1.165, 1.54) is 64.4 Å². The van der Waals surface area contributed by atoms with E-state index in [1.807, 2.05) is 0 Å². The molecule has 1 fully saturated rings. The Kier molecular flexibility index (Phi) is 4.77. The molecule has 146 valence electrons. The number of rotatable bonds is 2. The van der Waals surface area contributed by atoms with Crippen LogP contribution in [0.15, 0.2) is 36.5 Å². The molecule has 2 heteroatoms. The summed E-state index contributed by atoms with van der Waals surface area (Å²) < 4.78 is 2.20. The molecule has 1 heterocycles. The highest BCUT2D eigenvalue weighted by Crippen LogP contribution is 2.37. The third-order valence-corrected chi connectivity index (χ3v) is 6.55. The van der Waals surface area contributed by atoms with Crippen molar-refractivity contribution in [2.45, 2.75) is 71.6 Å². The SMILES string of the molecule is Cc1cc(C(C)(C)C)cc(-c2nc3c(C4CCCC4)cccc3c[n+]2C)c1C. The highest BCUT2D eigenvalue weighted by Gasteiger charge is 2.26. The van der Waals surface area contributed by atoms with Gasteiger partial charge < -0.3 is 0 Å². The number of para-hydroxylation sites is 1. The van der Waals surface area contributed by atoms with E-state index in [0.29, 0.717) is 5.92 Å². The summed E-state index contributed by atoms with van der Waals surface area (Å²) in [4.78, 5) is 5.28. The molecule has 4 rings (SSSR count). The van der Waals surface area contributed by atoms with Gasteiger partial charge in [-0.3, -0.25) is 0 Å². The third-order valence-electron chi connectivity index (χ3n) is 6.55. The molecule has 0 radical (unpaired) electrons. The maximum Gasteiger partial charge on any atom is 0.331 e. The van der Waals surface area contributed by atoms with Gasteiger partial charge in [-0.25, -0.2) is 4.57 Å². The number of aromatic nitrogens is 2. The molecular formula is C26H33N2+. The minimum Gasteiger partial charge on any atom is -0.232 e. The van der Waals surface area contributed by atoms with Gasteiger partial charge in [0, 0.05) is 5.56 Å². The Bertz CT molecular complexity index is 1030. The Morgan fingerprint density at radius 3 is 2.43 bits per heavy atom. The summed E-state index contributed by atoms with van der Waals surface area (Å²) in [6.45, 7) is 11.3. The van der Waals surface area contributed by atoms with Gasteiger partial charge in [-0.15, -0.1) is 0 Å². The molecule has 1 aromatic heterocycles. The maximum atomic E-state index is 5.28. The monoisotopic (exact) mass is 373 g/mol. The molecule has 1 aliphatic rings. The lowest BCUT2D eigenvalue weighted by Gasteiger charge is -2.21. The Balaban J connectivity index is 1.95. The molecule has 0 saturated heterocycles. The molecule has 3 aromatic rings. The quantitative estimate of drug-likeness (QED) is 0.482. The Morgan fingerprint density at radius 2 is 1.75 bits per heavy atom. The number of aryl methyl sites for hydroxylation is 2. The Morgan fingerprint density at radius 1 is 1.04 bits per heavy atom. The average molecular weight is 374 g/mol. The molecule has 28 heavy (non-hydrogen) atoms. The third kappa shape index (κ3) is 3.34. The van der Waals surface area contributed by atoms with Gasteiger partial charge in [0.2, 0.25) is 0 Å². The van der Waals surface area contributed by atoms with Gasteiger partial charge in [0.25, 0.3) is 0 Å². The van der Waals surface area contributed by atoms with E-state index >= 15 is 0 Å². The van der Waals surface area contributed by atoms with Gasteiger partial charge >= 0.3 is 5.82 Å². The topological polar surface area (TPSA) is 16.8 Å². The molecule has 0 amide bonds. The second-order valence-electron chi connectivity index (χ2n) is 9.66. The molecule has 2 aromatic carbocycles. The van der Waals surface area contributed by atoms with Crippen molar-refractivity contribution in [1.29, 1.82) is 0 Å². The van der Waals surface area contributed by atoms with Crippen LogP contribution in [0, 0.1) is 13.8 Å². The summed E-state index contributed by atoms with van der Waals surface area (Å²) in [7, 11) is 2.13. The van der Waals surface area contributed by atoms with Crippen molar-refractivity contribution in [2.24, 2.45) is 7.05 Å². The van der Waals surface area contributed by atoms with Crippen molar-refractivity contribution in [1.82, 2.24) is 4.98 Å². The number of benzene rings is 2. The number of fused-ring (bicyclic) bond motifs is 1. The summed E-state index contributed by atoms with van der Waals surface area (Å²) in [5, 5.41) is 1.25. The van der Waals surface area contributed by atoms with Crippen LogP contribution in [0.4, 0.5) is 0 Å². The molecule has 0 unspecified atom stereocenters. The average Bonchev–Trinajstić information content (AvgIpc) is 3.16. The van der Waals surface area contributed by atoms with E-state index in [9.17, 15) is 0 Å². The Hall–Kier alpha value is -2.22. The lowest BCUT2D eigenvalue weighted by Crippen LogP contribution is -2.32. The largest absolute Gasteiger partial charge is 0.331 e. The van der Waals surface area contributed by atoms with Gasteiger partial charge in [0.1, 0.15) is 6.20 Å². The molecule has 1 saturated carbocycles. The second kappa shape index (κ2) is 6.99. The fourth-order valence-corrected chi connectivity index (χ4v) is 4.61. The fraction of sp³-hybridized carbons (Fsp3) is 0.462. The first-order valence-electron chi connectivity index (χ1n) is 10.7. The van der Waals surface area contributed by atoms with Crippen LogP contribution in [0.3, 0.4) is 0 Å². The minimum absolute atomic E-state index is 0.123. The van der Waals surface area contributed by atoms with Crippen LogP contribution in [0.5, 0.6) is 0 Å².